The van der Waals surface area contributed by atoms with E-state index in [1.54, 1.807) is 11.3 Å². The lowest BCUT2D eigenvalue weighted by Crippen LogP contribution is -2.47. The van der Waals surface area contributed by atoms with Crippen LogP contribution in [0.2, 0.25) is 0 Å². The maximum atomic E-state index is 12.3. The van der Waals surface area contributed by atoms with Gasteiger partial charge in [0.15, 0.2) is 0 Å². The summed E-state index contributed by atoms with van der Waals surface area (Å²) in [6.07, 6.45) is 2.14. The van der Waals surface area contributed by atoms with E-state index < -0.39 is 0 Å². The summed E-state index contributed by atoms with van der Waals surface area (Å²) in [4.78, 5) is 14.6. The highest BCUT2D eigenvalue weighted by Gasteiger charge is 2.31. The fraction of sp³-hybridized carbons (Fsp3) is 0.615. The molecule has 1 saturated heterocycles. The Morgan fingerprint density at radius 2 is 2.44 bits per heavy atom. The molecule has 0 aromatic carbocycles. The van der Waals surface area contributed by atoms with Crippen molar-refractivity contribution < 1.29 is 4.79 Å². The monoisotopic (exact) mass is 282 g/mol. The van der Waals surface area contributed by atoms with Gasteiger partial charge in [0.2, 0.25) is 0 Å². The van der Waals surface area contributed by atoms with E-state index in [1.165, 1.54) is 16.2 Å². The van der Waals surface area contributed by atoms with Crippen LogP contribution in [0.25, 0.3) is 0 Å². The van der Waals surface area contributed by atoms with Crippen molar-refractivity contribution >= 4 is 29.0 Å². The van der Waals surface area contributed by atoms with Gasteiger partial charge in [-0.3, -0.25) is 4.79 Å². The standard InChI is InChI=1S/C13H18N2OS2/c1-13(3-4-14-8-13)15-12(16)11-6-9-7-17-5-2-10(9)18-11/h6,14H,2-5,7-8H2,1H3,(H,15,16). The molecule has 2 N–H and O–H groups in total. The number of hydrogen-bond acceptors (Lipinski definition) is 4. The second-order valence-corrected chi connectivity index (χ2v) is 7.55. The molecule has 0 bridgehead atoms. The summed E-state index contributed by atoms with van der Waals surface area (Å²) in [7, 11) is 0. The van der Waals surface area contributed by atoms with Crippen LogP contribution in [-0.2, 0) is 12.2 Å². The number of aryl methyl sites for hydroxylation is 1. The van der Waals surface area contributed by atoms with E-state index in [1.807, 2.05) is 11.8 Å². The Balaban J connectivity index is 1.74. The lowest BCUT2D eigenvalue weighted by molar-refractivity contribution is 0.0917. The Labute approximate surface area is 116 Å². The Hall–Kier alpha value is -0.520. The fourth-order valence-corrected chi connectivity index (χ4v) is 4.79. The molecule has 1 unspecified atom stereocenters. The van der Waals surface area contributed by atoms with Gasteiger partial charge in [-0.1, -0.05) is 0 Å². The quantitative estimate of drug-likeness (QED) is 0.872. The molecule has 1 aromatic heterocycles. The van der Waals surface area contributed by atoms with Gasteiger partial charge in [-0.15, -0.1) is 11.3 Å². The van der Waals surface area contributed by atoms with E-state index in [2.05, 4.69) is 23.6 Å². The molecule has 98 valence electrons. The molecule has 1 amide bonds. The van der Waals surface area contributed by atoms with Crippen molar-refractivity contribution in [3.05, 3.63) is 21.4 Å². The Bertz CT molecular complexity index is 440. The molecule has 3 rings (SSSR count). The maximum Gasteiger partial charge on any atom is 0.261 e. The number of carbonyl (C=O) groups excluding carboxylic acids is 1. The molecular weight excluding hydrogens is 264 g/mol. The van der Waals surface area contributed by atoms with Crippen molar-refractivity contribution in [2.45, 2.75) is 31.1 Å². The third kappa shape index (κ3) is 2.44. The van der Waals surface area contributed by atoms with Crippen molar-refractivity contribution in [3.8, 4) is 0 Å². The Kier molecular flexibility index (Phi) is 3.38. The van der Waals surface area contributed by atoms with Crippen LogP contribution in [0.1, 0.15) is 33.5 Å². The number of rotatable bonds is 2. The molecule has 0 spiro atoms. The van der Waals surface area contributed by atoms with Crippen molar-refractivity contribution in [2.24, 2.45) is 0 Å². The van der Waals surface area contributed by atoms with Gasteiger partial charge < -0.3 is 10.6 Å². The van der Waals surface area contributed by atoms with Crippen LogP contribution < -0.4 is 10.6 Å². The van der Waals surface area contributed by atoms with Gasteiger partial charge in [-0.2, -0.15) is 11.8 Å². The second-order valence-electron chi connectivity index (χ2n) is 5.30. The summed E-state index contributed by atoms with van der Waals surface area (Å²) < 4.78 is 0. The van der Waals surface area contributed by atoms with Crippen molar-refractivity contribution in [3.63, 3.8) is 0 Å². The van der Waals surface area contributed by atoms with Gasteiger partial charge in [0.05, 0.1) is 10.4 Å². The van der Waals surface area contributed by atoms with E-state index in [0.29, 0.717) is 0 Å². The topological polar surface area (TPSA) is 41.1 Å². The molecular formula is C13H18N2OS2. The van der Waals surface area contributed by atoms with Crippen LogP contribution in [0.15, 0.2) is 6.07 Å². The fourth-order valence-electron chi connectivity index (χ4n) is 2.52. The third-order valence-electron chi connectivity index (χ3n) is 3.64. The summed E-state index contributed by atoms with van der Waals surface area (Å²) >= 11 is 3.64. The number of amides is 1. The van der Waals surface area contributed by atoms with Crippen LogP contribution in [0.3, 0.4) is 0 Å². The van der Waals surface area contributed by atoms with E-state index >= 15 is 0 Å². The van der Waals surface area contributed by atoms with Crippen molar-refractivity contribution in [1.29, 1.82) is 0 Å². The van der Waals surface area contributed by atoms with Crippen LogP contribution >= 0.6 is 23.1 Å². The highest BCUT2D eigenvalue weighted by Crippen LogP contribution is 2.32. The second kappa shape index (κ2) is 4.87. The normalized spacial score (nSPS) is 26.9. The van der Waals surface area contributed by atoms with Gasteiger partial charge in [-0.25, -0.2) is 0 Å². The smallest absolute Gasteiger partial charge is 0.261 e. The average Bonchev–Trinajstić information content (AvgIpc) is 2.95. The zero-order valence-corrected chi connectivity index (χ0v) is 12.2. The predicted octanol–water partition coefficient (Wildman–Crippen LogP) is 2.02. The zero-order chi connectivity index (χ0) is 12.6. The molecule has 3 nitrogen and oxygen atoms in total. The van der Waals surface area contributed by atoms with Crippen molar-refractivity contribution in [2.75, 3.05) is 18.8 Å². The third-order valence-corrected chi connectivity index (χ3v) is 5.88. The molecule has 3 heterocycles. The molecule has 1 fully saturated rings. The van der Waals surface area contributed by atoms with E-state index in [0.717, 1.165) is 36.6 Å². The minimum absolute atomic E-state index is 0.0731. The first-order chi connectivity index (χ1) is 8.66. The molecule has 1 aromatic rings. The first-order valence-electron chi connectivity index (χ1n) is 6.39. The van der Waals surface area contributed by atoms with Crippen LogP contribution in [0.5, 0.6) is 0 Å². The van der Waals surface area contributed by atoms with E-state index in [4.69, 9.17) is 0 Å². The molecule has 2 aliphatic rings. The average molecular weight is 282 g/mol. The molecule has 0 radical (unpaired) electrons. The highest BCUT2D eigenvalue weighted by molar-refractivity contribution is 7.98. The summed E-state index contributed by atoms with van der Waals surface area (Å²) in [5.41, 5.74) is 1.30. The number of thiophene rings is 1. The van der Waals surface area contributed by atoms with Crippen LogP contribution in [0, 0.1) is 0 Å². The summed E-state index contributed by atoms with van der Waals surface area (Å²) in [5.74, 6) is 2.36. The van der Waals surface area contributed by atoms with Gasteiger partial charge in [0.1, 0.15) is 0 Å². The van der Waals surface area contributed by atoms with Crippen LogP contribution in [0.4, 0.5) is 0 Å². The van der Waals surface area contributed by atoms with Gasteiger partial charge >= 0.3 is 0 Å². The summed E-state index contributed by atoms with van der Waals surface area (Å²) in [6.45, 7) is 3.99. The molecule has 0 saturated carbocycles. The largest absolute Gasteiger partial charge is 0.345 e. The van der Waals surface area contributed by atoms with Gasteiger partial charge in [0, 0.05) is 17.2 Å². The van der Waals surface area contributed by atoms with E-state index in [9.17, 15) is 4.79 Å². The molecule has 18 heavy (non-hydrogen) atoms. The lowest BCUT2D eigenvalue weighted by atomic mass is 10.0. The van der Waals surface area contributed by atoms with E-state index in [-0.39, 0.29) is 11.4 Å². The Morgan fingerprint density at radius 3 is 3.17 bits per heavy atom. The number of carbonyl (C=O) groups is 1. The number of nitrogens with one attached hydrogen (secondary N) is 2. The van der Waals surface area contributed by atoms with Crippen molar-refractivity contribution in [1.82, 2.24) is 10.6 Å². The summed E-state index contributed by atoms with van der Waals surface area (Å²) in [6, 6.07) is 2.09. The first-order valence-corrected chi connectivity index (χ1v) is 8.36. The highest BCUT2D eigenvalue weighted by atomic mass is 32.2. The molecule has 5 heteroatoms. The number of thioether (sulfide) groups is 1. The Morgan fingerprint density at radius 1 is 1.56 bits per heavy atom. The number of fused-ring (bicyclic) bond motifs is 1. The maximum absolute atomic E-state index is 12.3. The number of hydrogen-bond donors (Lipinski definition) is 2. The molecule has 1 atom stereocenters. The molecule has 2 aliphatic heterocycles. The lowest BCUT2D eigenvalue weighted by Gasteiger charge is -2.23. The minimum atomic E-state index is -0.0731. The minimum Gasteiger partial charge on any atom is -0.345 e. The summed E-state index contributed by atoms with van der Waals surface area (Å²) in [5, 5.41) is 6.49. The molecule has 0 aliphatic carbocycles. The van der Waals surface area contributed by atoms with Gasteiger partial charge in [0.25, 0.3) is 5.91 Å². The van der Waals surface area contributed by atoms with Gasteiger partial charge in [-0.05, 0) is 43.7 Å². The predicted molar refractivity (Wildman–Crippen MR) is 77.5 cm³/mol. The first kappa shape index (κ1) is 12.5. The SMILES string of the molecule is CC1(NC(=O)c2cc3c(s2)CCSC3)CCNC1. The van der Waals surface area contributed by atoms with Crippen LogP contribution in [-0.4, -0.2) is 30.3 Å². The zero-order valence-electron chi connectivity index (χ0n) is 10.5.